The highest BCUT2D eigenvalue weighted by atomic mass is 32.2. The van der Waals surface area contributed by atoms with Crippen LogP contribution in [0.4, 0.5) is 0 Å². The lowest BCUT2D eigenvalue weighted by atomic mass is 10.8. The molecule has 0 radical (unpaired) electrons. The first-order chi connectivity index (χ1) is 8.30. The summed E-state index contributed by atoms with van der Waals surface area (Å²) >= 11 is 6.18. The smallest absolute Gasteiger partial charge is 0.0897 e. The maximum Gasteiger partial charge on any atom is 0.702 e. The number of allylic oxidation sites excluding steroid dienone is 2. The van der Waals surface area contributed by atoms with Gasteiger partial charge in [0.05, 0.1) is 0 Å². The first-order valence-corrected chi connectivity index (χ1v) is 9.72. The van der Waals surface area contributed by atoms with Gasteiger partial charge in [-0.05, 0) is 48.3 Å². The highest BCUT2D eigenvalue weighted by Crippen LogP contribution is 2.58. The van der Waals surface area contributed by atoms with Crippen LogP contribution in [-0.4, -0.2) is 8.53 Å². The Kier molecular flexibility index (Phi) is 4.86. The third-order valence-electron chi connectivity index (χ3n) is 2.05. The molecular weight excluding hydrogens is 327 g/mol. The minimum atomic E-state index is -2.14. The molecule has 0 spiro atoms. The third-order valence-corrected chi connectivity index (χ3v) is 8.70. The van der Waals surface area contributed by atoms with E-state index in [0.29, 0.717) is 0 Å². The van der Waals surface area contributed by atoms with E-state index in [1.54, 1.807) is 23.5 Å². The molecule has 0 N–H and O–H groups in total. The van der Waals surface area contributed by atoms with Gasteiger partial charge < -0.3 is 0 Å². The molecule has 0 fully saturated rings. The Morgan fingerprint density at radius 3 is 1.67 bits per heavy atom. The first-order valence-electron chi connectivity index (χ1n) is 5.23. The van der Waals surface area contributed by atoms with E-state index in [4.69, 9.17) is 9.05 Å². The molecule has 2 rings (SSSR count). The zero-order valence-corrected chi connectivity index (χ0v) is 14.6. The zero-order valence-electron chi connectivity index (χ0n) is 10.5. The van der Waals surface area contributed by atoms with Crippen molar-refractivity contribution in [1.82, 2.24) is 0 Å². The second kappa shape index (κ2) is 5.72. The van der Waals surface area contributed by atoms with Crippen LogP contribution in [0.15, 0.2) is 20.6 Å². The monoisotopic (exact) mass is 341 g/mol. The van der Waals surface area contributed by atoms with Crippen molar-refractivity contribution >= 4 is 55.3 Å². The van der Waals surface area contributed by atoms with Crippen LogP contribution in [0, 0.1) is 0 Å². The molecule has 2 unspecified atom stereocenters. The summed E-state index contributed by atoms with van der Waals surface area (Å²) in [6.45, 7) is 7.84. The molecule has 100 valence electrons. The second-order valence-electron chi connectivity index (χ2n) is 4.03. The lowest BCUT2D eigenvalue weighted by Gasteiger charge is -2.17. The number of hydrogen-bond acceptors (Lipinski definition) is 7. The van der Waals surface area contributed by atoms with Crippen molar-refractivity contribution in [3.8, 4) is 0 Å². The Hall–Kier alpha value is 0.900. The zero-order chi connectivity index (χ0) is 13.4. The van der Waals surface area contributed by atoms with E-state index < -0.39 is 16.8 Å². The minimum Gasteiger partial charge on any atom is -0.0897 e. The molecule has 0 aliphatic carbocycles. The van der Waals surface area contributed by atoms with Gasteiger partial charge in [0.15, 0.2) is 0 Å². The number of rotatable bonds is 4. The third kappa shape index (κ3) is 3.95. The lowest BCUT2D eigenvalue weighted by Crippen LogP contribution is -2.17. The average molecular weight is 341 g/mol. The normalized spacial score (nSPS) is 36.6. The van der Waals surface area contributed by atoms with E-state index in [-0.39, 0.29) is 0 Å². The predicted octanol–water partition coefficient (Wildman–Crippen LogP) is 5.71. The minimum absolute atomic E-state index is 0.537. The van der Waals surface area contributed by atoms with E-state index in [9.17, 15) is 4.57 Å². The molecule has 3 nitrogen and oxygen atoms in total. The maximum atomic E-state index is 12.0. The van der Waals surface area contributed by atoms with Gasteiger partial charge in [0.1, 0.15) is 0 Å². The van der Waals surface area contributed by atoms with Crippen LogP contribution in [-0.2, 0) is 13.6 Å². The van der Waals surface area contributed by atoms with Crippen LogP contribution in [0.25, 0.3) is 0 Å². The van der Waals surface area contributed by atoms with Crippen LogP contribution >= 0.6 is 55.3 Å². The predicted molar refractivity (Wildman–Crippen MR) is 84.5 cm³/mol. The lowest BCUT2D eigenvalue weighted by molar-refractivity contribution is 0.191. The Balaban J connectivity index is 1.87. The average Bonchev–Trinajstić information content (AvgIpc) is 2.70. The van der Waals surface area contributed by atoms with Gasteiger partial charge in [0, 0.05) is 4.57 Å². The standard InChI is InChI=1S/C10H14O3PS4/c1-7-5-15-9(3,17-7)12-14(11)13-10(4)16-6-8(2)18-10/h5-6H,1-4H3/q+1. The van der Waals surface area contributed by atoms with Gasteiger partial charge in [-0.3, -0.25) is 0 Å². The van der Waals surface area contributed by atoms with E-state index >= 15 is 0 Å². The largest absolute Gasteiger partial charge is 0.702 e. The molecule has 2 aliphatic rings. The molecule has 18 heavy (non-hydrogen) atoms. The van der Waals surface area contributed by atoms with Crippen molar-refractivity contribution in [2.45, 2.75) is 36.2 Å². The van der Waals surface area contributed by atoms with Crippen LogP contribution < -0.4 is 0 Å². The summed E-state index contributed by atoms with van der Waals surface area (Å²) in [6, 6.07) is 0. The van der Waals surface area contributed by atoms with Gasteiger partial charge in [0.2, 0.25) is 8.53 Å². The summed E-state index contributed by atoms with van der Waals surface area (Å²) in [5.41, 5.74) is 0. The van der Waals surface area contributed by atoms with Crippen molar-refractivity contribution in [1.29, 1.82) is 0 Å². The summed E-state index contributed by atoms with van der Waals surface area (Å²) in [5, 5.41) is 4.03. The Bertz CT molecular complexity index is 401. The van der Waals surface area contributed by atoms with Crippen LogP contribution in [0.5, 0.6) is 0 Å². The summed E-state index contributed by atoms with van der Waals surface area (Å²) in [7, 11) is -2.14. The Morgan fingerprint density at radius 2 is 1.39 bits per heavy atom. The van der Waals surface area contributed by atoms with E-state index in [1.807, 2.05) is 38.5 Å². The van der Waals surface area contributed by atoms with Gasteiger partial charge >= 0.3 is 8.25 Å². The molecule has 2 atom stereocenters. The molecular formula is C10H14O3PS4+. The summed E-state index contributed by atoms with van der Waals surface area (Å²) in [5.74, 6) is 0. The molecule has 0 amide bonds. The van der Waals surface area contributed by atoms with Gasteiger partial charge in [-0.25, -0.2) is 0 Å². The Morgan fingerprint density at radius 1 is 1.00 bits per heavy atom. The molecule has 2 aliphatic heterocycles. The molecule has 2 heterocycles. The van der Waals surface area contributed by atoms with Crippen LogP contribution in [0.1, 0.15) is 27.7 Å². The fraction of sp³-hybridized carbons (Fsp3) is 0.600. The summed E-state index contributed by atoms with van der Waals surface area (Å²) < 4.78 is 22.0. The van der Waals surface area contributed by atoms with Crippen molar-refractivity contribution in [3.05, 3.63) is 20.6 Å². The van der Waals surface area contributed by atoms with Crippen molar-refractivity contribution in [2.24, 2.45) is 0 Å². The van der Waals surface area contributed by atoms with Crippen molar-refractivity contribution < 1.29 is 13.6 Å². The summed E-state index contributed by atoms with van der Waals surface area (Å²) in [6.07, 6.45) is 0. The van der Waals surface area contributed by atoms with E-state index in [0.717, 1.165) is 0 Å². The highest BCUT2D eigenvalue weighted by molar-refractivity contribution is 8.24. The van der Waals surface area contributed by atoms with E-state index in [1.165, 1.54) is 33.3 Å². The first kappa shape index (κ1) is 15.3. The number of hydrogen-bond donors (Lipinski definition) is 0. The molecule has 0 aromatic heterocycles. The molecule has 0 saturated carbocycles. The number of thioether (sulfide) groups is 4. The summed E-state index contributed by atoms with van der Waals surface area (Å²) in [4.78, 5) is 2.33. The van der Waals surface area contributed by atoms with E-state index in [2.05, 4.69) is 0 Å². The quantitative estimate of drug-likeness (QED) is 0.606. The van der Waals surface area contributed by atoms with Crippen molar-refractivity contribution in [3.63, 3.8) is 0 Å². The van der Waals surface area contributed by atoms with Gasteiger partial charge in [-0.15, -0.1) is 0 Å². The molecule has 0 saturated heterocycles. The van der Waals surface area contributed by atoms with Gasteiger partial charge in [0.25, 0.3) is 0 Å². The maximum absolute atomic E-state index is 12.0. The van der Waals surface area contributed by atoms with Crippen LogP contribution in [0.2, 0.25) is 0 Å². The van der Waals surface area contributed by atoms with Crippen molar-refractivity contribution in [2.75, 3.05) is 0 Å². The van der Waals surface area contributed by atoms with Gasteiger partial charge in [-0.1, -0.05) is 56.1 Å². The SMILES string of the molecule is CC1=CSC(C)(O[P+](=O)OC2(C)SC=C(C)S2)S1. The second-order valence-corrected chi connectivity index (χ2v) is 11.1. The van der Waals surface area contributed by atoms with Crippen LogP contribution in [0.3, 0.4) is 0 Å². The Labute approximate surface area is 125 Å². The van der Waals surface area contributed by atoms with Gasteiger partial charge in [-0.2, -0.15) is 0 Å². The topological polar surface area (TPSA) is 35.5 Å². The molecule has 0 aromatic rings. The highest BCUT2D eigenvalue weighted by Gasteiger charge is 2.48. The fourth-order valence-corrected chi connectivity index (χ4v) is 7.45. The molecule has 0 bridgehead atoms. The molecule has 0 aromatic carbocycles. The fourth-order valence-electron chi connectivity index (χ4n) is 1.43. The molecule has 8 heteroatoms.